The molecule has 0 aliphatic heterocycles. The van der Waals surface area contributed by atoms with Crippen LogP contribution in [-0.4, -0.2) is 25.1 Å². The molecule has 1 aliphatic carbocycles. The predicted octanol–water partition coefficient (Wildman–Crippen LogP) is 3.41. The highest BCUT2D eigenvalue weighted by Gasteiger charge is 2.22. The molecule has 0 bridgehead atoms. The summed E-state index contributed by atoms with van der Waals surface area (Å²) in [5, 5.41) is 4.98. The van der Waals surface area contributed by atoms with E-state index < -0.39 is 0 Å². The molecular formula is C20H22N4O2S. The van der Waals surface area contributed by atoms with Gasteiger partial charge in [-0.2, -0.15) is 5.10 Å². The van der Waals surface area contributed by atoms with Gasteiger partial charge in [0.1, 0.15) is 11.3 Å². The minimum absolute atomic E-state index is 0.0989. The smallest absolute Gasteiger partial charge is 0.293 e. The van der Waals surface area contributed by atoms with Gasteiger partial charge in [-0.25, -0.2) is 14.0 Å². The third-order valence-corrected chi connectivity index (χ3v) is 6.22. The molecule has 3 heterocycles. The zero-order valence-electron chi connectivity index (χ0n) is 15.3. The van der Waals surface area contributed by atoms with Gasteiger partial charge in [-0.3, -0.25) is 9.78 Å². The first kappa shape index (κ1) is 17.9. The van der Waals surface area contributed by atoms with E-state index in [2.05, 4.69) is 10.1 Å². The van der Waals surface area contributed by atoms with Crippen molar-refractivity contribution in [2.45, 2.75) is 45.6 Å². The van der Waals surface area contributed by atoms with Crippen molar-refractivity contribution in [3.05, 3.63) is 63.4 Å². The number of carbonyl (C=O) groups excluding carboxylic acids is 1. The number of aryl methyl sites for hydroxylation is 3. The maximum Gasteiger partial charge on any atom is 0.350 e. The van der Waals surface area contributed by atoms with Gasteiger partial charge in [-0.1, -0.05) is 18.9 Å². The fourth-order valence-corrected chi connectivity index (χ4v) is 4.24. The van der Waals surface area contributed by atoms with Crippen molar-refractivity contribution in [3.8, 4) is 5.00 Å². The molecule has 6 nitrogen and oxygen atoms in total. The summed E-state index contributed by atoms with van der Waals surface area (Å²) in [7, 11) is 0. The predicted molar refractivity (Wildman–Crippen MR) is 105 cm³/mol. The lowest BCUT2D eigenvalue weighted by Gasteiger charge is -2.00. The maximum absolute atomic E-state index is 12.6. The summed E-state index contributed by atoms with van der Waals surface area (Å²) >= 11 is 1.36. The van der Waals surface area contributed by atoms with E-state index in [1.807, 2.05) is 25.1 Å². The molecule has 0 amide bonds. The monoisotopic (exact) mass is 382 g/mol. The minimum Gasteiger partial charge on any atom is -0.293 e. The summed E-state index contributed by atoms with van der Waals surface area (Å²) in [4.78, 5) is 30.0. The Balaban J connectivity index is 1.47. The average molecular weight is 382 g/mol. The van der Waals surface area contributed by atoms with Crippen LogP contribution in [-0.2, 0) is 13.0 Å². The van der Waals surface area contributed by atoms with Crippen molar-refractivity contribution >= 4 is 17.1 Å². The Hall–Kier alpha value is -2.54. The quantitative estimate of drug-likeness (QED) is 0.560. The second-order valence-corrected chi connectivity index (χ2v) is 8.15. The van der Waals surface area contributed by atoms with Crippen molar-refractivity contribution in [2.75, 3.05) is 0 Å². The standard InChI is InChI=1S/C20H22N4O2S/c1-14-11-18(23-13-22-24(20(23)26)10-8-15-4-5-15)27-19(14)17(25)7-6-16-3-2-9-21-12-16/h2-3,9,11-13,15H,4-8,10H2,1H3. The zero-order chi connectivity index (χ0) is 18.8. The van der Waals surface area contributed by atoms with Crippen LogP contribution in [0.1, 0.15) is 46.5 Å². The van der Waals surface area contributed by atoms with Gasteiger partial charge in [0, 0.05) is 25.4 Å². The largest absolute Gasteiger partial charge is 0.350 e. The second kappa shape index (κ2) is 7.60. The summed E-state index contributed by atoms with van der Waals surface area (Å²) in [6, 6.07) is 5.75. The number of ketones is 1. The molecule has 4 rings (SSSR count). The Morgan fingerprint density at radius 1 is 1.37 bits per heavy atom. The van der Waals surface area contributed by atoms with Gasteiger partial charge in [0.15, 0.2) is 5.78 Å². The molecule has 140 valence electrons. The van der Waals surface area contributed by atoms with E-state index in [1.54, 1.807) is 23.3 Å². The van der Waals surface area contributed by atoms with Crippen molar-refractivity contribution in [3.63, 3.8) is 0 Å². The Morgan fingerprint density at radius 2 is 2.22 bits per heavy atom. The number of Topliss-reactive ketones (excluding diaryl/α,β-unsaturated/α-hetero) is 1. The Bertz CT molecular complexity index is 999. The van der Waals surface area contributed by atoms with E-state index in [1.165, 1.54) is 28.9 Å². The number of hydrogen-bond acceptors (Lipinski definition) is 5. The van der Waals surface area contributed by atoms with Crippen molar-refractivity contribution < 1.29 is 4.79 Å². The molecule has 0 aromatic carbocycles. The van der Waals surface area contributed by atoms with E-state index in [-0.39, 0.29) is 11.5 Å². The molecule has 27 heavy (non-hydrogen) atoms. The highest BCUT2D eigenvalue weighted by atomic mass is 32.1. The highest BCUT2D eigenvalue weighted by Crippen LogP contribution is 2.32. The lowest BCUT2D eigenvalue weighted by molar-refractivity contribution is 0.0986. The fraction of sp³-hybridized carbons (Fsp3) is 0.400. The van der Waals surface area contributed by atoms with Crippen LogP contribution in [0.5, 0.6) is 0 Å². The van der Waals surface area contributed by atoms with Gasteiger partial charge in [0.2, 0.25) is 0 Å². The van der Waals surface area contributed by atoms with E-state index in [9.17, 15) is 9.59 Å². The highest BCUT2D eigenvalue weighted by molar-refractivity contribution is 7.16. The van der Waals surface area contributed by atoms with Gasteiger partial charge in [-0.05, 0) is 48.9 Å². The molecule has 1 fully saturated rings. The number of thiophene rings is 1. The summed E-state index contributed by atoms with van der Waals surface area (Å²) in [6.45, 7) is 2.58. The maximum atomic E-state index is 12.6. The van der Waals surface area contributed by atoms with Gasteiger partial charge in [0.25, 0.3) is 0 Å². The molecule has 7 heteroatoms. The molecule has 1 aliphatic rings. The summed E-state index contributed by atoms with van der Waals surface area (Å²) in [5.41, 5.74) is 1.82. The fourth-order valence-electron chi connectivity index (χ4n) is 3.13. The minimum atomic E-state index is -0.133. The van der Waals surface area contributed by atoms with Crippen molar-refractivity contribution in [1.82, 2.24) is 19.3 Å². The van der Waals surface area contributed by atoms with E-state index in [0.717, 1.165) is 28.5 Å². The first-order valence-corrected chi connectivity index (χ1v) is 10.1. The van der Waals surface area contributed by atoms with Crippen LogP contribution < -0.4 is 5.69 Å². The van der Waals surface area contributed by atoms with Gasteiger partial charge in [0.05, 0.1) is 4.88 Å². The molecule has 0 radical (unpaired) electrons. The topological polar surface area (TPSA) is 69.8 Å². The van der Waals surface area contributed by atoms with E-state index in [4.69, 9.17) is 0 Å². The first-order chi connectivity index (χ1) is 13.1. The summed E-state index contributed by atoms with van der Waals surface area (Å²) in [5.74, 6) is 0.858. The average Bonchev–Trinajstić information content (AvgIpc) is 3.33. The van der Waals surface area contributed by atoms with Gasteiger partial charge < -0.3 is 0 Å². The summed E-state index contributed by atoms with van der Waals surface area (Å²) < 4.78 is 3.07. The van der Waals surface area contributed by atoms with Gasteiger partial charge >= 0.3 is 5.69 Å². The third kappa shape index (κ3) is 4.08. The second-order valence-electron chi connectivity index (χ2n) is 7.12. The number of aromatic nitrogens is 4. The number of rotatable bonds is 8. The molecule has 0 N–H and O–H groups in total. The Morgan fingerprint density at radius 3 is 2.96 bits per heavy atom. The zero-order valence-corrected chi connectivity index (χ0v) is 16.1. The normalized spacial score (nSPS) is 13.8. The Labute approximate surface area is 161 Å². The van der Waals surface area contributed by atoms with Crippen molar-refractivity contribution in [1.29, 1.82) is 0 Å². The van der Waals surface area contributed by atoms with E-state index in [0.29, 0.717) is 24.3 Å². The third-order valence-electron chi connectivity index (χ3n) is 4.94. The van der Waals surface area contributed by atoms with Crippen LogP contribution in [0.15, 0.2) is 41.7 Å². The van der Waals surface area contributed by atoms with Crippen LogP contribution >= 0.6 is 11.3 Å². The molecule has 0 spiro atoms. The number of hydrogen-bond donors (Lipinski definition) is 0. The number of carbonyl (C=O) groups is 1. The molecule has 1 saturated carbocycles. The molecule has 0 unspecified atom stereocenters. The van der Waals surface area contributed by atoms with E-state index >= 15 is 0 Å². The molecule has 0 atom stereocenters. The summed E-state index contributed by atoms with van der Waals surface area (Å²) in [6.07, 6.45) is 9.72. The van der Waals surface area contributed by atoms with Gasteiger partial charge in [-0.15, -0.1) is 11.3 Å². The Kier molecular flexibility index (Phi) is 5.03. The molecular weight excluding hydrogens is 360 g/mol. The molecule has 0 saturated heterocycles. The van der Waals surface area contributed by atoms with Crippen molar-refractivity contribution in [2.24, 2.45) is 5.92 Å². The number of nitrogens with zero attached hydrogens (tertiary/aromatic N) is 4. The van der Waals surface area contributed by atoms with Crippen LogP contribution in [0, 0.1) is 12.8 Å². The SMILES string of the molecule is Cc1cc(-n2cnn(CCC3CC3)c2=O)sc1C(=O)CCc1cccnc1. The molecule has 3 aromatic rings. The first-order valence-electron chi connectivity index (χ1n) is 9.29. The lowest BCUT2D eigenvalue weighted by atomic mass is 10.1. The van der Waals surface area contributed by atoms with Crippen LogP contribution in [0.3, 0.4) is 0 Å². The molecule has 3 aromatic heterocycles. The van der Waals surface area contributed by atoms with Crippen LogP contribution in [0.2, 0.25) is 0 Å². The lowest BCUT2D eigenvalue weighted by Crippen LogP contribution is -2.23. The van der Waals surface area contributed by atoms with Crippen LogP contribution in [0.25, 0.3) is 5.00 Å². The number of pyridine rings is 1. The van der Waals surface area contributed by atoms with Crippen LogP contribution in [0.4, 0.5) is 0 Å².